The van der Waals surface area contributed by atoms with Crippen LogP contribution >= 0.6 is 11.8 Å². The molecule has 1 atom stereocenters. The average Bonchev–Trinajstić information content (AvgIpc) is 2.74. The molecule has 0 aromatic rings. The highest BCUT2D eigenvalue weighted by atomic mass is 32.2. The van der Waals surface area contributed by atoms with Gasteiger partial charge < -0.3 is 11.1 Å². The van der Waals surface area contributed by atoms with E-state index in [-0.39, 0.29) is 16.7 Å². The van der Waals surface area contributed by atoms with Crippen molar-refractivity contribution in [2.75, 3.05) is 12.8 Å². The first-order valence-electron chi connectivity index (χ1n) is 6.57. The minimum absolute atomic E-state index is 0.0130. The molecule has 0 aromatic heterocycles. The molecule has 1 aliphatic rings. The monoisotopic (exact) mass is 258 g/mol. The smallest absolute Gasteiger partial charge is 0.236 e. The largest absolute Gasteiger partial charge is 0.353 e. The van der Waals surface area contributed by atoms with Crippen molar-refractivity contribution in [2.45, 2.75) is 56.7 Å². The molecule has 1 rings (SSSR count). The Morgan fingerprint density at radius 2 is 2.00 bits per heavy atom. The minimum Gasteiger partial charge on any atom is -0.353 e. The van der Waals surface area contributed by atoms with Crippen LogP contribution in [0.15, 0.2) is 0 Å². The quantitative estimate of drug-likeness (QED) is 0.767. The van der Waals surface area contributed by atoms with Gasteiger partial charge in [-0.25, -0.2) is 0 Å². The molecular weight excluding hydrogens is 232 g/mol. The summed E-state index contributed by atoms with van der Waals surface area (Å²) in [5.41, 5.74) is 5.87. The maximum atomic E-state index is 11.8. The molecule has 0 spiro atoms. The molecule has 0 bridgehead atoms. The van der Waals surface area contributed by atoms with Crippen LogP contribution in [-0.4, -0.2) is 29.5 Å². The second kappa shape index (κ2) is 6.64. The van der Waals surface area contributed by atoms with Crippen molar-refractivity contribution in [3.63, 3.8) is 0 Å². The molecule has 1 fully saturated rings. The second-order valence-electron chi connectivity index (χ2n) is 5.55. The van der Waals surface area contributed by atoms with E-state index in [0.717, 1.165) is 13.0 Å². The summed E-state index contributed by atoms with van der Waals surface area (Å²) >= 11 is 1.89. The van der Waals surface area contributed by atoms with Crippen molar-refractivity contribution >= 4 is 17.7 Å². The van der Waals surface area contributed by atoms with E-state index in [2.05, 4.69) is 25.4 Å². The third-order valence-corrected chi connectivity index (χ3v) is 5.01. The summed E-state index contributed by atoms with van der Waals surface area (Å²) in [7, 11) is 0. The van der Waals surface area contributed by atoms with Gasteiger partial charge in [0.1, 0.15) is 0 Å². The van der Waals surface area contributed by atoms with Crippen molar-refractivity contribution in [3.8, 4) is 0 Å². The fourth-order valence-electron chi connectivity index (χ4n) is 2.47. The lowest BCUT2D eigenvalue weighted by Gasteiger charge is -2.27. The highest BCUT2D eigenvalue weighted by Gasteiger charge is 2.33. The molecule has 1 saturated carbocycles. The molecule has 0 radical (unpaired) electrons. The molecule has 0 aromatic carbocycles. The van der Waals surface area contributed by atoms with Crippen LogP contribution in [0.4, 0.5) is 0 Å². The summed E-state index contributed by atoms with van der Waals surface area (Å²) in [6, 6.07) is -0.352. The zero-order valence-corrected chi connectivity index (χ0v) is 12.1. The van der Waals surface area contributed by atoms with E-state index in [0.29, 0.717) is 5.92 Å². The van der Waals surface area contributed by atoms with E-state index >= 15 is 0 Å². The molecule has 100 valence electrons. The number of carbonyl (C=O) groups excluding carboxylic acids is 1. The maximum Gasteiger partial charge on any atom is 0.236 e. The molecule has 1 aliphatic carbocycles. The Morgan fingerprint density at radius 3 is 2.47 bits per heavy atom. The van der Waals surface area contributed by atoms with E-state index in [1.807, 2.05) is 11.8 Å². The zero-order valence-electron chi connectivity index (χ0n) is 11.3. The highest BCUT2D eigenvalue weighted by molar-refractivity contribution is 8.00. The Hall–Kier alpha value is -0.220. The number of thioether (sulfide) groups is 1. The van der Waals surface area contributed by atoms with Gasteiger partial charge in [0, 0.05) is 11.3 Å². The summed E-state index contributed by atoms with van der Waals surface area (Å²) in [4.78, 5) is 11.8. The topological polar surface area (TPSA) is 55.1 Å². The fourth-order valence-corrected chi connectivity index (χ4v) is 3.38. The highest BCUT2D eigenvalue weighted by Crippen LogP contribution is 2.39. The lowest BCUT2D eigenvalue weighted by molar-refractivity contribution is -0.122. The average molecular weight is 258 g/mol. The number of hydrogen-bond acceptors (Lipinski definition) is 3. The molecule has 3 N–H and O–H groups in total. The zero-order chi connectivity index (χ0) is 12.9. The summed E-state index contributed by atoms with van der Waals surface area (Å²) < 4.78 is 0.271. The SMILES string of the molecule is CSC1(CNC(=O)[C@H](N)CC(C)C)CCCC1. The Balaban J connectivity index is 2.36. The number of hydrogen-bond donors (Lipinski definition) is 2. The molecule has 0 heterocycles. The van der Waals surface area contributed by atoms with Crippen molar-refractivity contribution in [1.82, 2.24) is 5.32 Å². The van der Waals surface area contributed by atoms with Crippen molar-refractivity contribution in [2.24, 2.45) is 11.7 Å². The third-order valence-electron chi connectivity index (χ3n) is 3.59. The molecule has 4 heteroatoms. The summed E-state index contributed by atoms with van der Waals surface area (Å²) in [5, 5.41) is 3.04. The van der Waals surface area contributed by atoms with Crippen molar-refractivity contribution in [3.05, 3.63) is 0 Å². The number of rotatable bonds is 6. The van der Waals surface area contributed by atoms with Crippen LogP contribution in [0.3, 0.4) is 0 Å². The molecule has 0 unspecified atom stereocenters. The summed E-state index contributed by atoms with van der Waals surface area (Å²) in [6.45, 7) is 4.96. The third kappa shape index (κ3) is 4.51. The van der Waals surface area contributed by atoms with Crippen molar-refractivity contribution < 1.29 is 4.79 Å². The van der Waals surface area contributed by atoms with Crippen LogP contribution in [0.1, 0.15) is 46.0 Å². The van der Waals surface area contributed by atoms with E-state index in [1.54, 1.807) is 0 Å². The first-order chi connectivity index (χ1) is 7.99. The van der Waals surface area contributed by atoms with E-state index in [4.69, 9.17) is 5.73 Å². The van der Waals surface area contributed by atoms with E-state index < -0.39 is 0 Å². The van der Waals surface area contributed by atoms with Gasteiger partial charge in [-0.05, 0) is 31.4 Å². The van der Waals surface area contributed by atoms with Gasteiger partial charge in [0.2, 0.25) is 5.91 Å². The standard InChI is InChI=1S/C13H26N2OS/c1-10(2)8-11(14)12(16)15-9-13(17-3)6-4-5-7-13/h10-11H,4-9,14H2,1-3H3,(H,15,16)/t11-/m1/s1. The molecule has 1 amide bonds. The lowest BCUT2D eigenvalue weighted by atomic mass is 10.0. The van der Waals surface area contributed by atoms with E-state index in [9.17, 15) is 4.79 Å². The van der Waals surface area contributed by atoms with Gasteiger partial charge in [-0.1, -0.05) is 26.7 Å². The molecule has 0 saturated heterocycles. The van der Waals surface area contributed by atoms with E-state index in [1.165, 1.54) is 25.7 Å². The predicted octanol–water partition coefficient (Wildman–Crippen LogP) is 2.15. The lowest BCUT2D eigenvalue weighted by Crippen LogP contribution is -2.46. The Labute approximate surface area is 109 Å². The van der Waals surface area contributed by atoms with Crippen LogP contribution in [0.5, 0.6) is 0 Å². The predicted molar refractivity (Wildman–Crippen MR) is 75.2 cm³/mol. The van der Waals surface area contributed by atoms with Gasteiger partial charge in [0.15, 0.2) is 0 Å². The Bertz CT molecular complexity index is 250. The number of nitrogens with two attached hydrogens (primary N) is 1. The van der Waals surface area contributed by atoms with Crippen LogP contribution < -0.4 is 11.1 Å². The normalized spacial score (nSPS) is 20.5. The van der Waals surface area contributed by atoms with Gasteiger partial charge in [0.25, 0.3) is 0 Å². The van der Waals surface area contributed by atoms with Crippen LogP contribution in [0, 0.1) is 5.92 Å². The maximum absolute atomic E-state index is 11.8. The van der Waals surface area contributed by atoms with Gasteiger partial charge in [-0.3, -0.25) is 4.79 Å². The Morgan fingerprint density at radius 1 is 1.41 bits per heavy atom. The van der Waals surface area contributed by atoms with Crippen LogP contribution in [0.2, 0.25) is 0 Å². The second-order valence-corrected chi connectivity index (χ2v) is 6.82. The summed E-state index contributed by atoms with van der Waals surface area (Å²) in [5.74, 6) is 0.482. The van der Waals surface area contributed by atoms with Crippen LogP contribution in [0.25, 0.3) is 0 Å². The van der Waals surface area contributed by atoms with Gasteiger partial charge in [-0.15, -0.1) is 0 Å². The molecular formula is C13H26N2OS. The first kappa shape index (κ1) is 14.8. The number of amides is 1. The first-order valence-corrected chi connectivity index (χ1v) is 7.80. The van der Waals surface area contributed by atoms with Gasteiger partial charge in [0.05, 0.1) is 6.04 Å². The molecule has 0 aliphatic heterocycles. The fraction of sp³-hybridized carbons (Fsp3) is 0.923. The number of nitrogens with one attached hydrogen (secondary N) is 1. The van der Waals surface area contributed by atoms with Crippen molar-refractivity contribution in [1.29, 1.82) is 0 Å². The molecule has 3 nitrogen and oxygen atoms in total. The minimum atomic E-state index is -0.352. The number of carbonyl (C=O) groups is 1. The van der Waals surface area contributed by atoms with Crippen LogP contribution in [-0.2, 0) is 4.79 Å². The van der Waals surface area contributed by atoms with Gasteiger partial charge >= 0.3 is 0 Å². The Kier molecular flexibility index (Phi) is 5.80. The molecule has 17 heavy (non-hydrogen) atoms. The van der Waals surface area contributed by atoms with Gasteiger partial charge in [-0.2, -0.15) is 11.8 Å². The summed E-state index contributed by atoms with van der Waals surface area (Å²) in [6.07, 6.45) is 7.91.